The van der Waals surface area contributed by atoms with Crippen LogP contribution >= 0.6 is 23.2 Å². The van der Waals surface area contributed by atoms with Crippen molar-refractivity contribution in [3.63, 3.8) is 0 Å². The molecule has 6 heteroatoms. The van der Waals surface area contributed by atoms with E-state index >= 15 is 0 Å². The van der Waals surface area contributed by atoms with Crippen LogP contribution in [0.25, 0.3) is 0 Å². The summed E-state index contributed by atoms with van der Waals surface area (Å²) in [6.07, 6.45) is 0. The van der Waals surface area contributed by atoms with Crippen LogP contribution in [0.3, 0.4) is 0 Å². The molecule has 0 fully saturated rings. The highest BCUT2D eigenvalue weighted by Crippen LogP contribution is 2.37. The molecule has 0 N–H and O–H groups in total. The molecule has 0 unspecified atom stereocenters. The molecule has 1 heterocycles. The summed E-state index contributed by atoms with van der Waals surface area (Å²) in [6.45, 7) is 13.1. The quantitative estimate of drug-likeness (QED) is 0.604. The van der Waals surface area contributed by atoms with Gasteiger partial charge < -0.3 is 4.43 Å². The Morgan fingerprint density at radius 1 is 1.11 bits per heavy atom. The van der Waals surface area contributed by atoms with Crippen LogP contribution in [0.4, 0.5) is 0 Å². The molecular formula is C12H20Cl2N2OSi. The Labute approximate surface area is 120 Å². The van der Waals surface area contributed by atoms with Gasteiger partial charge in [-0.25, -0.2) is 9.97 Å². The number of hydrogen-bond donors (Lipinski definition) is 0. The Hall–Kier alpha value is -0.163. The van der Waals surface area contributed by atoms with Crippen molar-refractivity contribution in [3.05, 3.63) is 21.7 Å². The lowest BCUT2D eigenvalue weighted by atomic mass is 10.2. The maximum atomic E-state index is 6.08. The molecule has 3 nitrogen and oxygen atoms in total. The van der Waals surface area contributed by atoms with Crippen LogP contribution in [0.2, 0.25) is 28.4 Å². The Balaban J connectivity index is 2.88. The van der Waals surface area contributed by atoms with Gasteiger partial charge in [-0.15, -0.1) is 0 Å². The highest BCUT2D eigenvalue weighted by molar-refractivity contribution is 6.74. The van der Waals surface area contributed by atoms with Crippen molar-refractivity contribution in [2.75, 3.05) is 0 Å². The molecule has 1 aromatic rings. The van der Waals surface area contributed by atoms with Gasteiger partial charge in [0.1, 0.15) is 16.1 Å². The Kier molecular flexibility index (Phi) is 4.81. The minimum absolute atomic E-state index is 0.150. The molecule has 1 rings (SSSR count). The number of hydrogen-bond acceptors (Lipinski definition) is 3. The second kappa shape index (κ2) is 5.45. The largest absolute Gasteiger partial charge is 0.412 e. The zero-order valence-electron chi connectivity index (χ0n) is 11.8. The van der Waals surface area contributed by atoms with Crippen molar-refractivity contribution in [2.45, 2.75) is 52.4 Å². The van der Waals surface area contributed by atoms with Gasteiger partial charge in [-0.1, -0.05) is 44.0 Å². The van der Waals surface area contributed by atoms with Gasteiger partial charge in [0.25, 0.3) is 0 Å². The van der Waals surface area contributed by atoms with Crippen molar-refractivity contribution < 1.29 is 4.43 Å². The van der Waals surface area contributed by atoms with Crippen LogP contribution < -0.4 is 0 Å². The van der Waals surface area contributed by atoms with E-state index in [4.69, 9.17) is 27.6 Å². The van der Waals surface area contributed by atoms with E-state index < -0.39 is 8.32 Å². The molecule has 0 saturated carbocycles. The molecule has 0 amide bonds. The van der Waals surface area contributed by atoms with Gasteiger partial charge in [-0.05, 0) is 25.1 Å². The highest BCUT2D eigenvalue weighted by atomic mass is 35.5. The monoisotopic (exact) mass is 306 g/mol. The first-order chi connectivity index (χ1) is 8.04. The van der Waals surface area contributed by atoms with E-state index in [0.717, 1.165) is 0 Å². The zero-order chi connectivity index (χ0) is 14.1. The third kappa shape index (κ3) is 3.67. The van der Waals surface area contributed by atoms with E-state index in [1.807, 2.05) is 0 Å². The molecule has 0 aliphatic carbocycles. The van der Waals surface area contributed by atoms with Gasteiger partial charge in [-0.2, -0.15) is 0 Å². The molecule has 0 spiro atoms. The second-order valence-corrected chi connectivity index (χ2v) is 11.4. The van der Waals surface area contributed by atoms with E-state index in [9.17, 15) is 0 Å². The topological polar surface area (TPSA) is 35.0 Å². The second-order valence-electron chi connectivity index (χ2n) is 5.88. The van der Waals surface area contributed by atoms with E-state index in [1.54, 1.807) is 6.92 Å². The molecular weight excluding hydrogens is 287 g/mol. The van der Waals surface area contributed by atoms with Gasteiger partial charge >= 0.3 is 0 Å². The van der Waals surface area contributed by atoms with Crippen molar-refractivity contribution in [3.8, 4) is 0 Å². The molecule has 0 radical (unpaired) electrons. The lowest BCUT2D eigenvalue weighted by molar-refractivity contribution is 0.275. The summed E-state index contributed by atoms with van der Waals surface area (Å²) in [6, 6.07) is 0. The summed E-state index contributed by atoms with van der Waals surface area (Å²) in [7, 11) is -1.82. The van der Waals surface area contributed by atoms with Crippen molar-refractivity contribution >= 4 is 31.5 Å². The number of aryl methyl sites for hydroxylation is 1. The van der Waals surface area contributed by atoms with E-state index in [-0.39, 0.29) is 5.04 Å². The summed E-state index contributed by atoms with van der Waals surface area (Å²) in [4.78, 5) is 8.21. The van der Waals surface area contributed by atoms with Crippen LogP contribution in [0.1, 0.15) is 32.2 Å². The van der Waals surface area contributed by atoms with Gasteiger partial charge in [0.05, 0.1) is 12.2 Å². The highest BCUT2D eigenvalue weighted by Gasteiger charge is 2.37. The minimum Gasteiger partial charge on any atom is -0.412 e. The lowest BCUT2D eigenvalue weighted by Crippen LogP contribution is -2.40. The first-order valence-corrected chi connectivity index (χ1v) is 9.53. The van der Waals surface area contributed by atoms with Gasteiger partial charge in [-0.3, -0.25) is 0 Å². The van der Waals surface area contributed by atoms with Crippen LogP contribution in [-0.2, 0) is 11.0 Å². The number of aromatic nitrogens is 2. The van der Waals surface area contributed by atoms with E-state index in [0.29, 0.717) is 28.3 Å². The fourth-order valence-corrected chi connectivity index (χ4v) is 2.64. The van der Waals surface area contributed by atoms with Crippen molar-refractivity contribution in [2.24, 2.45) is 0 Å². The Morgan fingerprint density at radius 3 is 1.94 bits per heavy atom. The molecule has 18 heavy (non-hydrogen) atoms. The van der Waals surface area contributed by atoms with Gasteiger partial charge in [0.2, 0.25) is 0 Å². The molecule has 0 aliphatic rings. The molecule has 0 aromatic carbocycles. The number of halogens is 2. The Bertz CT molecular complexity index is 421. The van der Waals surface area contributed by atoms with Crippen molar-refractivity contribution in [1.29, 1.82) is 0 Å². The number of rotatable bonds is 3. The number of nitrogens with zero attached hydrogens (tertiary/aromatic N) is 2. The van der Waals surface area contributed by atoms with Crippen LogP contribution in [-0.4, -0.2) is 18.3 Å². The van der Waals surface area contributed by atoms with Gasteiger partial charge in [0, 0.05) is 0 Å². The standard InChI is InChI=1S/C12H20Cl2N2OSi/c1-8-15-10(13)9(11(14)16-8)7-17-18(5,6)12(2,3)4/h7H2,1-6H3. The van der Waals surface area contributed by atoms with E-state index in [2.05, 4.69) is 43.8 Å². The third-order valence-corrected chi connectivity index (χ3v) is 8.51. The molecule has 1 aromatic heterocycles. The predicted molar refractivity (Wildman–Crippen MR) is 78.8 cm³/mol. The molecule has 0 aliphatic heterocycles. The summed E-state index contributed by atoms with van der Waals surface area (Å²) in [5.41, 5.74) is 0.675. The SMILES string of the molecule is Cc1nc(Cl)c(CO[Si](C)(C)C(C)(C)C)c(Cl)n1. The van der Waals surface area contributed by atoms with Crippen LogP contribution in [0, 0.1) is 6.92 Å². The molecule has 0 atom stereocenters. The summed E-state index contributed by atoms with van der Waals surface area (Å²) in [5, 5.41) is 0.912. The average molecular weight is 307 g/mol. The molecule has 0 bridgehead atoms. The normalized spacial score (nSPS) is 12.9. The summed E-state index contributed by atoms with van der Waals surface area (Å²) >= 11 is 12.2. The van der Waals surface area contributed by atoms with Crippen LogP contribution in [0.15, 0.2) is 0 Å². The first-order valence-electron chi connectivity index (χ1n) is 5.87. The van der Waals surface area contributed by atoms with E-state index in [1.165, 1.54) is 0 Å². The maximum absolute atomic E-state index is 6.08. The zero-order valence-corrected chi connectivity index (χ0v) is 14.3. The third-order valence-electron chi connectivity index (χ3n) is 3.40. The Morgan fingerprint density at radius 2 is 1.56 bits per heavy atom. The fraction of sp³-hybridized carbons (Fsp3) is 0.667. The first kappa shape index (κ1) is 15.9. The minimum atomic E-state index is -1.82. The lowest BCUT2D eigenvalue weighted by Gasteiger charge is -2.36. The van der Waals surface area contributed by atoms with Gasteiger partial charge in [0.15, 0.2) is 8.32 Å². The van der Waals surface area contributed by atoms with Crippen molar-refractivity contribution in [1.82, 2.24) is 9.97 Å². The molecule has 0 saturated heterocycles. The summed E-state index contributed by atoms with van der Waals surface area (Å²) in [5.74, 6) is 0.570. The van der Waals surface area contributed by atoms with Crippen LogP contribution in [0.5, 0.6) is 0 Å². The predicted octanol–water partition coefficient (Wildman–Crippen LogP) is 4.61. The summed E-state index contributed by atoms with van der Waals surface area (Å²) < 4.78 is 6.07. The smallest absolute Gasteiger partial charge is 0.192 e. The molecule has 102 valence electrons. The average Bonchev–Trinajstić information content (AvgIpc) is 2.13. The fourth-order valence-electron chi connectivity index (χ4n) is 1.12. The maximum Gasteiger partial charge on any atom is 0.192 e.